The molecule has 0 saturated carbocycles. The van der Waals surface area contributed by atoms with E-state index in [1.807, 2.05) is 26.8 Å². The SMILES string of the molecule is CCc1c(C)cc2c(c1-c1cc(F)c3c(c1C)CCCO3)CCN2C(=O)c1cccc(C(F)(F)F)c1OC. The summed E-state index contributed by atoms with van der Waals surface area (Å²) in [6, 6.07) is 6.91. The fraction of sp³-hybridized carbons (Fsp3) is 0.367. The Bertz CT molecular complexity index is 1440. The van der Waals surface area contributed by atoms with Gasteiger partial charge in [-0.05, 0) is 97.2 Å². The lowest BCUT2D eigenvalue weighted by Gasteiger charge is -2.25. The predicted octanol–water partition coefficient (Wildman–Crippen LogP) is 7.23. The minimum atomic E-state index is -4.66. The molecule has 3 aromatic rings. The van der Waals surface area contributed by atoms with Crippen LogP contribution in [0, 0.1) is 19.7 Å². The standard InChI is InChI=1S/C30H29F4NO3/c1-5-18-16(2)14-25-20(26(18)22-15-24(31)28-19(17(22)3)9-7-13-38-28)11-12-35(25)29(36)21-8-6-10-23(27(21)37-4)30(32,33)34/h6,8,10,14-15H,5,7,9,11-13H2,1-4H3. The van der Waals surface area contributed by atoms with Gasteiger partial charge in [-0.25, -0.2) is 4.39 Å². The summed E-state index contributed by atoms with van der Waals surface area (Å²) >= 11 is 0. The molecule has 4 nitrogen and oxygen atoms in total. The first-order chi connectivity index (χ1) is 18.1. The Labute approximate surface area is 219 Å². The first-order valence-electron chi connectivity index (χ1n) is 12.7. The molecule has 0 bridgehead atoms. The number of fused-ring (bicyclic) bond motifs is 2. The van der Waals surface area contributed by atoms with E-state index in [0.29, 0.717) is 37.4 Å². The summed E-state index contributed by atoms with van der Waals surface area (Å²) in [6.07, 6.45) is -1.92. The second kappa shape index (κ2) is 9.64. The monoisotopic (exact) mass is 527 g/mol. The molecule has 0 radical (unpaired) electrons. The lowest BCUT2D eigenvalue weighted by molar-refractivity contribution is -0.138. The van der Waals surface area contributed by atoms with Gasteiger partial charge in [0.25, 0.3) is 5.91 Å². The Morgan fingerprint density at radius 2 is 1.89 bits per heavy atom. The van der Waals surface area contributed by atoms with Gasteiger partial charge >= 0.3 is 6.18 Å². The number of para-hydroxylation sites is 1. The number of hydrogen-bond donors (Lipinski definition) is 0. The zero-order valence-corrected chi connectivity index (χ0v) is 21.8. The van der Waals surface area contributed by atoms with E-state index in [1.165, 1.54) is 23.1 Å². The molecule has 0 N–H and O–H groups in total. The molecule has 2 heterocycles. The number of methoxy groups -OCH3 is 1. The third kappa shape index (κ3) is 4.10. The van der Waals surface area contributed by atoms with Gasteiger partial charge in [-0.15, -0.1) is 0 Å². The number of rotatable bonds is 4. The normalized spacial score (nSPS) is 14.7. The first kappa shape index (κ1) is 26.1. The Kier molecular flexibility index (Phi) is 6.61. The van der Waals surface area contributed by atoms with Gasteiger partial charge < -0.3 is 14.4 Å². The van der Waals surface area contributed by atoms with Gasteiger partial charge in [-0.3, -0.25) is 4.79 Å². The van der Waals surface area contributed by atoms with Crippen LogP contribution < -0.4 is 14.4 Å². The molecule has 0 aromatic heterocycles. The highest BCUT2D eigenvalue weighted by Gasteiger charge is 2.38. The maximum atomic E-state index is 15.2. The Balaban J connectivity index is 1.67. The van der Waals surface area contributed by atoms with Crippen molar-refractivity contribution in [3.8, 4) is 22.6 Å². The highest BCUT2D eigenvalue weighted by Crippen LogP contribution is 2.46. The number of carbonyl (C=O) groups excluding carboxylic acids is 1. The van der Waals surface area contributed by atoms with Crippen molar-refractivity contribution >= 4 is 11.6 Å². The molecule has 2 aliphatic rings. The van der Waals surface area contributed by atoms with E-state index in [2.05, 4.69) is 0 Å². The number of aryl methyl sites for hydroxylation is 1. The molecule has 38 heavy (non-hydrogen) atoms. The summed E-state index contributed by atoms with van der Waals surface area (Å²) < 4.78 is 66.8. The molecule has 200 valence electrons. The van der Waals surface area contributed by atoms with Gasteiger partial charge in [0.15, 0.2) is 11.6 Å². The van der Waals surface area contributed by atoms with Crippen LogP contribution in [0.3, 0.4) is 0 Å². The van der Waals surface area contributed by atoms with E-state index >= 15 is 4.39 Å². The smallest absolute Gasteiger partial charge is 0.419 e. The third-order valence-electron chi connectivity index (χ3n) is 7.68. The summed E-state index contributed by atoms with van der Waals surface area (Å²) in [7, 11) is 1.13. The average molecular weight is 528 g/mol. The number of nitrogens with zero attached hydrogens (tertiary/aromatic N) is 1. The van der Waals surface area contributed by atoms with Crippen LogP contribution in [0.5, 0.6) is 11.5 Å². The van der Waals surface area contributed by atoms with Crippen LogP contribution in [0.15, 0.2) is 30.3 Å². The molecule has 0 aliphatic carbocycles. The van der Waals surface area contributed by atoms with Crippen LogP contribution in [0.1, 0.15) is 57.1 Å². The fourth-order valence-corrected chi connectivity index (χ4v) is 5.93. The van der Waals surface area contributed by atoms with Gasteiger partial charge in [0.1, 0.15) is 5.75 Å². The summed E-state index contributed by atoms with van der Waals surface area (Å²) in [5.41, 5.74) is 5.87. The fourth-order valence-electron chi connectivity index (χ4n) is 5.93. The number of halogens is 4. The third-order valence-corrected chi connectivity index (χ3v) is 7.68. The van der Waals surface area contributed by atoms with Gasteiger partial charge in [-0.1, -0.05) is 13.0 Å². The van der Waals surface area contributed by atoms with Gasteiger partial charge in [0.05, 0.1) is 24.8 Å². The molecule has 0 atom stereocenters. The van der Waals surface area contributed by atoms with Crippen molar-refractivity contribution in [2.75, 3.05) is 25.2 Å². The van der Waals surface area contributed by atoms with Gasteiger partial charge in [0, 0.05) is 17.8 Å². The van der Waals surface area contributed by atoms with Crippen molar-refractivity contribution in [2.45, 2.75) is 52.6 Å². The van der Waals surface area contributed by atoms with Crippen molar-refractivity contribution in [2.24, 2.45) is 0 Å². The van der Waals surface area contributed by atoms with Crippen molar-refractivity contribution in [3.63, 3.8) is 0 Å². The summed E-state index contributed by atoms with van der Waals surface area (Å²) in [5, 5.41) is 0. The number of ether oxygens (including phenoxy) is 2. The van der Waals surface area contributed by atoms with E-state index in [1.54, 1.807) is 0 Å². The van der Waals surface area contributed by atoms with E-state index in [9.17, 15) is 18.0 Å². The van der Waals surface area contributed by atoms with E-state index < -0.39 is 29.2 Å². The zero-order valence-electron chi connectivity index (χ0n) is 21.8. The molecule has 0 saturated heterocycles. The maximum Gasteiger partial charge on any atom is 0.419 e. The Hall–Kier alpha value is -3.55. The van der Waals surface area contributed by atoms with Crippen LogP contribution in [0.25, 0.3) is 11.1 Å². The Morgan fingerprint density at radius 1 is 1.13 bits per heavy atom. The molecule has 1 amide bonds. The Morgan fingerprint density at radius 3 is 2.58 bits per heavy atom. The minimum absolute atomic E-state index is 0.151. The summed E-state index contributed by atoms with van der Waals surface area (Å²) in [4.78, 5) is 15.2. The molecule has 0 fully saturated rings. The highest BCUT2D eigenvalue weighted by molar-refractivity contribution is 6.10. The van der Waals surface area contributed by atoms with Crippen molar-refractivity contribution in [1.82, 2.24) is 0 Å². The summed E-state index contributed by atoms with van der Waals surface area (Å²) in [5.74, 6) is -1.15. The van der Waals surface area contributed by atoms with E-state index in [4.69, 9.17) is 9.47 Å². The van der Waals surface area contributed by atoms with Crippen LogP contribution in [-0.2, 0) is 25.4 Å². The second-order valence-corrected chi connectivity index (χ2v) is 9.78. The van der Waals surface area contributed by atoms with Crippen molar-refractivity contribution < 1.29 is 31.8 Å². The highest BCUT2D eigenvalue weighted by atomic mass is 19.4. The number of hydrogen-bond acceptors (Lipinski definition) is 3. The van der Waals surface area contributed by atoms with Crippen molar-refractivity contribution in [3.05, 3.63) is 75.1 Å². The van der Waals surface area contributed by atoms with Crippen molar-refractivity contribution in [1.29, 1.82) is 0 Å². The largest absolute Gasteiger partial charge is 0.495 e. The van der Waals surface area contributed by atoms with Crippen LogP contribution >= 0.6 is 0 Å². The second-order valence-electron chi connectivity index (χ2n) is 9.78. The molecule has 3 aromatic carbocycles. The van der Waals surface area contributed by atoms with E-state index in [0.717, 1.165) is 65.0 Å². The van der Waals surface area contributed by atoms with E-state index in [-0.39, 0.29) is 5.56 Å². The molecular formula is C30H29F4NO3. The molecule has 2 aliphatic heterocycles. The molecule has 0 unspecified atom stereocenters. The summed E-state index contributed by atoms with van der Waals surface area (Å²) in [6.45, 7) is 6.74. The number of carbonyl (C=O) groups is 1. The first-order valence-corrected chi connectivity index (χ1v) is 12.7. The molecule has 0 spiro atoms. The molecule has 8 heteroatoms. The molecular weight excluding hydrogens is 498 g/mol. The van der Waals surface area contributed by atoms with Gasteiger partial charge in [0.2, 0.25) is 0 Å². The van der Waals surface area contributed by atoms with Gasteiger partial charge in [-0.2, -0.15) is 13.2 Å². The van der Waals surface area contributed by atoms with Crippen LogP contribution in [-0.4, -0.2) is 26.2 Å². The average Bonchev–Trinajstić information content (AvgIpc) is 3.31. The number of amides is 1. The minimum Gasteiger partial charge on any atom is -0.495 e. The van der Waals surface area contributed by atoms with Crippen LogP contribution in [0.2, 0.25) is 0 Å². The lowest BCUT2D eigenvalue weighted by Crippen LogP contribution is -2.29. The molecule has 5 rings (SSSR count). The predicted molar refractivity (Wildman–Crippen MR) is 138 cm³/mol. The number of anilines is 1. The number of benzene rings is 3. The maximum absolute atomic E-state index is 15.2. The zero-order chi connectivity index (χ0) is 27.4. The lowest BCUT2D eigenvalue weighted by atomic mass is 9.84. The number of alkyl halides is 3. The quantitative estimate of drug-likeness (QED) is 0.336. The topological polar surface area (TPSA) is 38.8 Å². The van der Waals surface area contributed by atoms with Crippen LogP contribution in [0.4, 0.5) is 23.2 Å².